The fraction of sp³-hybridized carbons (Fsp3) is 0.214. The van der Waals surface area contributed by atoms with Crippen molar-refractivity contribution in [1.29, 1.82) is 0 Å². The number of benzene rings is 1. The van der Waals surface area contributed by atoms with Crippen LogP contribution in [0.2, 0.25) is 10.0 Å². The first-order chi connectivity index (χ1) is 10.3. The molecular weight excluding hydrogens is 347 g/mol. The van der Waals surface area contributed by atoms with Crippen molar-refractivity contribution in [3.8, 4) is 5.75 Å². The minimum Gasteiger partial charge on any atom is -0.494 e. The number of hydrogen-bond acceptors (Lipinski definition) is 4. The molecule has 1 aliphatic heterocycles. The van der Waals surface area contributed by atoms with Crippen LogP contribution in [0.15, 0.2) is 17.7 Å². The summed E-state index contributed by atoms with van der Waals surface area (Å²) in [7, 11) is 4.47. The summed E-state index contributed by atoms with van der Waals surface area (Å²) in [5.41, 5.74) is 0.498. The van der Waals surface area contributed by atoms with Gasteiger partial charge in [0.05, 0.1) is 17.2 Å². The van der Waals surface area contributed by atoms with Crippen molar-refractivity contribution in [1.82, 2.24) is 9.80 Å². The van der Waals surface area contributed by atoms with Gasteiger partial charge in [-0.2, -0.15) is 0 Å². The summed E-state index contributed by atoms with van der Waals surface area (Å²) in [6.07, 6.45) is 1.43. The number of rotatable bonds is 2. The molecule has 8 heteroatoms. The van der Waals surface area contributed by atoms with E-state index in [0.29, 0.717) is 11.3 Å². The fourth-order valence-electron chi connectivity index (χ4n) is 2.00. The quantitative estimate of drug-likeness (QED) is 0.463. The van der Waals surface area contributed by atoms with Crippen LogP contribution >= 0.6 is 35.4 Å². The minimum absolute atomic E-state index is 0.0177. The highest BCUT2D eigenvalue weighted by Crippen LogP contribution is 2.34. The maximum Gasteiger partial charge on any atom is 0.265 e. The van der Waals surface area contributed by atoms with Crippen LogP contribution in [0.4, 0.5) is 0 Å². The van der Waals surface area contributed by atoms with Crippen molar-refractivity contribution >= 4 is 58.4 Å². The lowest BCUT2D eigenvalue weighted by Crippen LogP contribution is -2.52. The second-order valence-corrected chi connectivity index (χ2v) is 5.77. The summed E-state index contributed by atoms with van der Waals surface area (Å²) >= 11 is 17.1. The van der Waals surface area contributed by atoms with Gasteiger partial charge < -0.3 is 4.74 Å². The Morgan fingerprint density at radius 3 is 1.95 bits per heavy atom. The van der Waals surface area contributed by atoms with Gasteiger partial charge in [0.1, 0.15) is 5.57 Å². The summed E-state index contributed by atoms with van der Waals surface area (Å²) < 4.78 is 5.06. The van der Waals surface area contributed by atoms with Gasteiger partial charge in [-0.3, -0.25) is 19.4 Å². The Kier molecular flexibility index (Phi) is 4.75. The first-order valence-electron chi connectivity index (χ1n) is 6.12. The average molecular weight is 359 g/mol. The molecule has 0 spiro atoms. The molecule has 2 rings (SSSR count). The van der Waals surface area contributed by atoms with E-state index in [9.17, 15) is 9.59 Å². The molecule has 0 atom stereocenters. The molecule has 0 saturated carbocycles. The van der Waals surface area contributed by atoms with Crippen LogP contribution in [0.1, 0.15) is 5.56 Å². The summed E-state index contributed by atoms with van der Waals surface area (Å²) in [6.45, 7) is 0. The highest BCUT2D eigenvalue weighted by atomic mass is 35.5. The first kappa shape index (κ1) is 16.7. The van der Waals surface area contributed by atoms with Crippen molar-refractivity contribution in [2.75, 3.05) is 21.2 Å². The molecule has 0 bridgehead atoms. The lowest BCUT2D eigenvalue weighted by Gasteiger charge is -2.31. The van der Waals surface area contributed by atoms with Crippen molar-refractivity contribution in [2.45, 2.75) is 0 Å². The third-order valence-corrected chi connectivity index (χ3v) is 4.29. The zero-order valence-corrected chi connectivity index (χ0v) is 14.3. The Labute approximate surface area is 143 Å². The Balaban J connectivity index is 2.50. The predicted molar refractivity (Wildman–Crippen MR) is 89.1 cm³/mol. The van der Waals surface area contributed by atoms with E-state index in [1.165, 1.54) is 37.1 Å². The molecule has 1 heterocycles. The minimum atomic E-state index is -0.476. The number of carbonyl (C=O) groups excluding carboxylic acids is 2. The van der Waals surface area contributed by atoms with Crippen molar-refractivity contribution in [3.63, 3.8) is 0 Å². The standard InChI is InChI=1S/C14H12Cl2N2O3S/c1-17-12(19)8(13(20)18(2)14(17)22)4-7-5-9(15)11(21-3)10(16)6-7/h4-6H,1-3H3. The van der Waals surface area contributed by atoms with Crippen LogP contribution in [0, 0.1) is 0 Å². The SMILES string of the molecule is COc1c(Cl)cc(C=C2C(=O)N(C)C(=S)N(C)C2=O)cc1Cl. The number of hydrogen-bond donors (Lipinski definition) is 0. The Morgan fingerprint density at radius 2 is 1.55 bits per heavy atom. The van der Waals surface area contributed by atoms with E-state index in [1.807, 2.05) is 0 Å². The fourth-order valence-corrected chi connectivity index (χ4v) is 2.82. The van der Waals surface area contributed by atoms with E-state index in [4.69, 9.17) is 40.2 Å². The van der Waals surface area contributed by atoms with Gasteiger partial charge in [-0.05, 0) is 36.0 Å². The highest BCUT2D eigenvalue weighted by molar-refractivity contribution is 7.80. The maximum absolute atomic E-state index is 12.2. The molecule has 1 saturated heterocycles. The van der Waals surface area contributed by atoms with Gasteiger partial charge in [-0.15, -0.1) is 0 Å². The lowest BCUT2D eigenvalue weighted by molar-refractivity contribution is -0.132. The normalized spacial score (nSPS) is 15.5. The van der Waals surface area contributed by atoms with E-state index in [-0.39, 0.29) is 20.7 Å². The van der Waals surface area contributed by atoms with Gasteiger partial charge in [0, 0.05) is 14.1 Å². The average Bonchev–Trinajstić information content (AvgIpc) is 2.47. The number of methoxy groups -OCH3 is 1. The van der Waals surface area contributed by atoms with Crippen LogP contribution in [0.5, 0.6) is 5.75 Å². The number of likely N-dealkylation sites (N-methyl/N-ethyl adjacent to an activating group) is 2. The summed E-state index contributed by atoms with van der Waals surface area (Å²) in [5.74, 6) is -0.616. The second-order valence-electron chi connectivity index (χ2n) is 4.59. The van der Waals surface area contributed by atoms with Gasteiger partial charge in [0.25, 0.3) is 11.8 Å². The number of halogens is 2. The Bertz CT molecular complexity index is 669. The Hall–Kier alpha value is -1.63. The molecule has 0 aromatic heterocycles. The van der Waals surface area contributed by atoms with Gasteiger partial charge in [0.2, 0.25) is 0 Å². The monoisotopic (exact) mass is 358 g/mol. The molecule has 0 aliphatic carbocycles. The van der Waals surface area contributed by atoms with E-state index in [2.05, 4.69) is 0 Å². The molecule has 0 unspecified atom stereocenters. The van der Waals surface area contributed by atoms with Crippen LogP contribution in [0.25, 0.3) is 6.08 Å². The van der Waals surface area contributed by atoms with Gasteiger partial charge in [0.15, 0.2) is 10.9 Å². The molecule has 2 amide bonds. The first-order valence-corrected chi connectivity index (χ1v) is 7.29. The van der Waals surface area contributed by atoms with Crippen molar-refractivity contribution in [3.05, 3.63) is 33.3 Å². The lowest BCUT2D eigenvalue weighted by atomic mass is 10.1. The number of nitrogens with zero attached hydrogens (tertiary/aromatic N) is 2. The number of amides is 2. The van der Waals surface area contributed by atoms with Crippen LogP contribution in [0.3, 0.4) is 0 Å². The third kappa shape index (κ3) is 2.82. The number of carbonyl (C=O) groups is 2. The summed E-state index contributed by atoms with van der Waals surface area (Å²) in [6, 6.07) is 3.12. The third-order valence-electron chi connectivity index (χ3n) is 3.18. The van der Waals surface area contributed by atoms with Crippen LogP contribution in [-0.4, -0.2) is 47.9 Å². The second kappa shape index (κ2) is 6.24. The molecule has 116 valence electrons. The molecular formula is C14H12Cl2N2O3S. The zero-order valence-electron chi connectivity index (χ0n) is 12.0. The molecule has 0 radical (unpaired) electrons. The topological polar surface area (TPSA) is 49.9 Å². The van der Waals surface area contributed by atoms with Crippen molar-refractivity contribution < 1.29 is 14.3 Å². The van der Waals surface area contributed by atoms with E-state index >= 15 is 0 Å². The van der Waals surface area contributed by atoms with E-state index in [1.54, 1.807) is 12.1 Å². The molecule has 0 N–H and O–H groups in total. The summed E-state index contributed by atoms with van der Waals surface area (Å²) in [4.78, 5) is 26.9. The molecule has 5 nitrogen and oxygen atoms in total. The predicted octanol–water partition coefficient (Wildman–Crippen LogP) is 2.60. The maximum atomic E-state index is 12.2. The smallest absolute Gasteiger partial charge is 0.265 e. The largest absolute Gasteiger partial charge is 0.494 e. The van der Waals surface area contributed by atoms with E-state index < -0.39 is 11.8 Å². The molecule has 22 heavy (non-hydrogen) atoms. The molecule has 1 aliphatic rings. The Morgan fingerprint density at radius 1 is 1.09 bits per heavy atom. The number of ether oxygens (including phenoxy) is 1. The van der Waals surface area contributed by atoms with Gasteiger partial charge >= 0.3 is 0 Å². The molecule has 1 aromatic rings. The summed E-state index contributed by atoms with van der Waals surface area (Å²) in [5, 5.41) is 0.725. The van der Waals surface area contributed by atoms with Gasteiger partial charge in [-0.25, -0.2) is 0 Å². The van der Waals surface area contributed by atoms with Gasteiger partial charge in [-0.1, -0.05) is 23.2 Å². The van der Waals surface area contributed by atoms with Crippen LogP contribution in [-0.2, 0) is 9.59 Å². The molecule has 1 fully saturated rings. The molecule has 1 aromatic carbocycles. The van der Waals surface area contributed by atoms with Crippen molar-refractivity contribution in [2.24, 2.45) is 0 Å². The number of thiocarbonyl (C=S) groups is 1. The van der Waals surface area contributed by atoms with E-state index in [0.717, 1.165) is 0 Å². The zero-order chi connectivity index (χ0) is 16.6. The highest BCUT2D eigenvalue weighted by Gasteiger charge is 2.35. The van der Waals surface area contributed by atoms with Crippen LogP contribution < -0.4 is 4.74 Å².